The average molecular weight is 367 g/mol. The first-order valence-corrected chi connectivity index (χ1v) is 8.71. The van der Waals surface area contributed by atoms with Gasteiger partial charge in [-0.3, -0.25) is 5.21 Å². The van der Waals surface area contributed by atoms with Crippen molar-refractivity contribution in [1.82, 2.24) is 25.1 Å². The Hall–Kier alpha value is -2.36. The van der Waals surface area contributed by atoms with E-state index in [0.29, 0.717) is 44.1 Å². The van der Waals surface area contributed by atoms with Crippen molar-refractivity contribution >= 4 is 12.1 Å². The van der Waals surface area contributed by atoms with E-state index < -0.39 is 17.7 Å². The summed E-state index contributed by atoms with van der Waals surface area (Å²) in [7, 11) is 1.64. The maximum atomic E-state index is 12.0. The number of hydrogen-bond acceptors (Lipinski definition) is 7. The van der Waals surface area contributed by atoms with Crippen LogP contribution in [0.1, 0.15) is 51.4 Å². The van der Waals surface area contributed by atoms with Crippen molar-refractivity contribution in [2.45, 2.75) is 57.7 Å². The third kappa shape index (κ3) is 3.74. The van der Waals surface area contributed by atoms with Crippen molar-refractivity contribution in [3.05, 3.63) is 11.8 Å². The molecule has 2 saturated heterocycles. The van der Waals surface area contributed by atoms with Gasteiger partial charge in [-0.05, 0) is 33.6 Å². The lowest BCUT2D eigenvalue weighted by atomic mass is 10.0. The predicted octanol–water partition coefficient (Wildman–Crippen LogP) is 1.81. The van der Waals surface area contributed by atoms with Crippen molar-refractivity contribution in [1.29, 1.82) is 0 Å². The number of piperidine rings is 1. The van der Waals surface area contributed by atoms with E-state index in [2.05, 4.69) is 10.2 Å². The summed E-state index contributed by atoms with van der Waals surface area (Å²) in [6.07, 6.45) is 1.31. The fourth-order valence-corrected chi connectivity index (χ4v) is 3.10. The van der Waals surface area contributed by atoms with Crippen LogP contribution in [0.5, 0.6) is 0 Å². The van der Waals surface area contributed by atoms with Crippen LogP contribution >= 0.6 is 0 Å². The fourth-order valence-electron chi connectivity index (χ4n) is 3.10. The molecule has 2 aliphatic rings. The highest BCUT2D eigenvalue weighted by molar-refractivity contribution is 5.76. The van der Waals surface area contributed by atoms with Gasteiger partial charge < -0.3 is 19.0 Å². The van der Waals surface area contributed by atoms with Crippen molar-refractivity contribution in [3.63, 3.8) is 0 Å². The molecule has 2 unspecified atom stereocenters. The second-order valence-electron chi connectivity index (χ2n) is 7.71. The Morgan fingerprint density at radius 1 is 1.38 bits per heavy atom. The largest absolute Gasteiger partial charge is 0.444 e. The first kappa shape index (κ1) is 18.4. The Bertz CT molecular complexity index is 685. The molecule has 1 aromatic rings. The topological polar surface area (TPSA) is 112 Å². The standard InChI is InChI=1S/C16H25N5O5/c1-16(2,3)26-15(23)19(4)8-7-12-17-18-13(25-12)11-6-5-10-9-20(11)14(22)21(10)24/h10-11,24H,5-9H2,1-4H3. The molecule has 0 aromatic carbocycles. The quantitative estimate of drug-likeness (QED) is 0.808. The molecule has 1 N–H and O–H groups in total. The first-order valence-electron chi connectivity index (χ1n) is 8.71. The SMILES string of the molecule is CN(CCc1nnc(C2CCC3CN2C(=O)N3O)o1)C(=O)OC(C)(C)C. The number of ether oxygens (including phenoxy) is 1. The van der Waals surface area contributed by atoms with Gasteiger partial charge in [0.1, 0.15) is 11.6 Å². The van der Waals surface area contributed by atoms with Gasteiger partial charge in [0.25, 0.3) is 0 Å². The molecule has 26 heavy (non-hydrogen) atoms. The number of carbonyl (C=O) groups excluding carboxylic acids is 2. The van der Waals surface area contributed by atoms with Crippen molar-refractivity contribution < 1.29 is 24.0 Å². The Balaban J connectivity index is 1.57. The molecule has 3 amide bonds. The Morgan fingerprint density at radius 2 is 2.12 bits per heavy atom. The van der Waals surface area contributed by atoms with Crippen LogP contribution in [0, 0.1) is 0 Å². The van der Waals surface area contributed by atoms with Crippen LogP contribution < -0.4 is 0 Å². The number of hydrogen-bond donors (Lipinski definition) is 1. The number of rotatable bonds is 4. The Morgan fingerprint density at radius 3 is 2.81 bits per heavy atom. The van der Waals surface area contributed by atoms with Crippen LogP contribution in [0.3, 0.4) is 0 Å². The van der Waals surface area contributed by atoms with Gasteiger partial charge >= 0.3 is 12.1 Å². The van der Waals surface area contributed by atoms with Crippen LogP contribution in [0.25, 0.3) is 0 Å². The first-order chi connectivity index (χ1) is 12.2. The van der Waals surface area contributed by atoms with E-state index >= 15 is 0 Å². The van der Waals surface area contributed by atoms with Gasteiger partial charge in [0.15, 0.2) is 0 Å². The second kappa shape index (κ2) is 6.75. The molecule has 0 spiro atoms. The Kier molecular flexibility index (Phi) is 4.78. The number of likely N-dealkylation sites (N-methyl/N-ethyl adjacent to an activating group) is 1. The number of aromatic nitrogens is 2. The zero-order chi connectivity index (χ0) is 19.1. The molecule has 1 aromatic heterocycles. The Labute approximate surface area is 151 Å². The summed E-state index contributed by atoms with van der Waals surface area (Å²) < 4.78 is 11.0. The van der Waals surface area contributed by atoms with Crippen LogP contribution in [0.2, 0.25) is 0 Å². The molecular weight excluding hydrogens is 342 g/mol. The minimum absolute atomic E-state index is 0.163. The van der Waals surface area contributed by atoms with Crippen LogP contribution in [-0.4, -0.2) is 74.2 Å². The van der Waals surface area contributed by atoms with Gasteiger partial charge in [-0.25, -0.2) is 14.7 Å². The number of nitrogens with zero attached hydrogens (tertiary/aromatic N) is 5. The van der Waals surface area contributed by atoms with Crippen molar-refractivity contribution in [2.24, 2.45) is 0 Å². The summed E-state index contributed by atoms with van der Waals surface area (Å²) in [5.41, 5.74) is -0.551. The maximum absolute atomic E-state index is 12.0. The van der Waals surface area contributed by atoms with Crippen LogP contribution in [0.4, 0.5) is 9.59 Å². The molecule has 144 valence electrons. The number of hydroxylamine groups is 2. The van der Waals surface area contributed by atoms with Crippen molar-refractivity contribution in [2.75, 3.05) is 20.1 Å². The maximum Gasteiger partial charge on any atom is 0.410 e. The van der Waals surface area contributed by atoms with Gasteiger partial charge in [-0.1, -0.05) is 0 Å². The molecule has 3 rings (SSSR count). The fraction of sp³-hybridized carbons (Fsp3) is 0.750. The highest BCUT2D eigenvalue weighted by Gasteiger charge is 2.46. The summed E-state index contributed by atoms with van der Waals surface area (Å²) in [5.74, 6) is 0.757. The lowest BCUT2D eigenvalue weighted by Gasteiger charge is -2.27. The lowest BCUT2D eigenvalue weighted by molar-refractivity contribution is -0.0584. The van der Waals surface area contributed by atoms with E-state index in [1.54, 1.807) is 11.9 Å². The summed E-state index contributed by atoms with van der Waals surface area (Å²) in [4.78, 5) is 27.0. The second-order valence-corrected chi connectivity index (χ2v) is 7.71. The molecular formula is C16H25N5O5. The number of carbonyl (C=O) groups is 2. The minimum Gasteiger partial charge on any atom is -0.444 e. The van der Waals surface area contributed by atoms with E-state index in [1.807, 2.05) is 20.8 Å². The number of urea groups is 1. The minimum atomic E-state index is -0.551. The molecule has 0 radical (unpaired) electrons. The normalized spacial score (nSPS) is 22.7. The smallest absolute Gasteiger partial charge is 0.410 e. The zero-order valence-electron chi connectivity index (χ0n) is 15.5. The van der Waals surface area contributed by atoms with Crippen LogP contribution in [-0.2, 0) is 11.2 Å². The van der Waals surface area contributed by atoms with E-state index in [1.165, 1.54) is 4.90 Å². The van der Waals surface area contributed by atoms with Gasteiger partial charge in [0.05, 0.1) is 6.04 Å². The lowest BCUT2D eigenvalue weighted by Crippen LogP contribution is -2.35. The monoisotopic (exact) mass is 367 g/mol. The van der Waals surface area contributed by atoms with Gasteiger partial charge in [0.2, 0.25) is 11.8 Å². The van der Waals surface area contributed by atoms with Crippen molar-refractivity contribution in [3.8, 4) is 0 Å². The molecule has 2 aliphatic heterocycles. The number of fused-ring (bicyclic) bond motifs is 2. The average Bonchev–Trinajstić information content (AvgIpc) is 3.12. The van der Waals surface area contributed by atoms with Gasteiger partial charge in [-0.15, -0.1) is 10.2 Å². The third-order valence-electron chi connectivity index (χ3n) is 4.48. The molecule has 2 atom stereocenters. The van der Waals surface area contributed by atoms with E-state index in [-0.39, 0.29) is 12.1 Å². The zero-order valence-corrected chi connectivity index (χ0v) is 15.5. The predicted molar refractivity (Wildman–Crippen MR) is 88.4 cm³/mol. The molecule has 2 bridgehead atoms. The van der Waals surface area contributed by atoms with Gasteiger partial charge in [-0.2, -0.15) is 0 Å². The highest BCUT2D eigenvalue weighted by Crippen LogP contribution is 2.36. The molecule has 0 aliphatic carbocycles. The third-order valence-corrected chi connectivity index (χ3v) is 4.48. The molecule has 0 saturated carbocycles. The molecule has 3 heterocycles. The van der Waals surface area contributed by atoms with Crippen LogP contribution in [0.15, 0.2) is 4.42 Å². The van der Waals surface area contributed by atoms with E-state index in [0.717, 1.165) is 5.06 Å². The summed E-state index contributed by atoms with van der Waals surface area (Å²) in [6.45, 7) is 6.26. The van der Waals surface area contributed by atoms with Gasteiger partial charge in [0, 0.05) is 26.6 Å². The molecule has 2 fully saturated rings. The summed E-state index contributed by atoms with van der Waals surface area (Å²) in [5, 5.41) is 18.6. The molecule has 10 nitrogen and oxygen atoms in total. The van der Waals surface area contributed by atoms with E-state index in [4.69, 9.17) is 9.15 Å². The summed E-state index contributed by atoms with van der Waals surface area (Å²) >= 11 is 0. The van der Waals surface area contributed by atoms with E-state index in [9.17, 15) is 14.8 Å². The summed E-state index contributed by atoms with van der Waals surface area (Å²) in [6, 6.07) is -0.911. The highest BCUT2D eigenvalue weighted by atomic mass is 16.6. The molecule has 10 heteroatoms. The number of amides is 3.